The van der Waals surface area contributed by atoms with Gasteiger partial charge in [-0.25, -0.2) is 9.36 Å². The van der Waals surface area contributed by atoms with Gasteiger partial charge in [0.1, 0.15) is 11.9 Å². The van der Waals surface area contributed by atoms with Crippen LogP contribution in [0.2, 0.25) is 0 Å². The van der Waals surface area contributed by atoms with E-state index in [1.165, 1.54) is 0 Å². The number of rotatable bonds is 4. The van der Waals surface area contributed by atoms with Crippen molar-refractivity contribution >= 4 is 13.6 Å². The van der Waals surface area contributed by atoms with Gasteiger partial charge in [0, 0.05) is 6.20 Å². The predicted octanol–water partition coefficient (Wildman–Crippen LogP) is -1.17. The van der Waals surface area contributed by atoms with E-state index in [2.05, 4.69) is 9.51 Å². The minimum atomic E-state index is -4.93. The Kier molecular flexibility index (Phi) is 4.35. The van der Waals surface area contributed by atoms with Crippen LogP contribution in [0.1, 0.15) is 6.23 Å². The lowest BCUT2D eigenvalue weighted by molar-refractivity contribution is -0.140. The minimum Gasteiger partial charge on any atom is -0.384 e. The van der Waals surface area contributed by atoms with Gasteiger partial charge in [-0.3, -0.25) is 9.09 Å². The van der Waals surface area contributed by atoms with Gasteiger partial charge in [0.15, 0.2) is 6.10 Å². The van der Waals surface area contributed by atoms with Crippen LogP contribution in [0.4, 0.5) is 14.6 Å². The third-order valence-corrected chi connectivity index (χ3v) is 3.38. The summed E-state index contributed by atoms with van der Waals surface area (Å²) in [5.41, 5.74) is 4.10. The van der Waals surface area contributed by atoms with Crippen molar-refractivity contribution in [1.29, 1.82) is 0 Å². The van der Waals surface area contributed by atoms with Gasteiger partial charge in [0.2, 0.25) is 6.23 Å². The quantitative estimate of drug-likeness (QED) is 0.493. The van der Waals surface area contributed by atoms with E-state index < -0.39 is 44.5 Å². The molecule has 2 rings (SSSR count). The molecule has 0 saturated carbocycles. The van der Waals surface area contributed by atoms with Gasteiger partial charge in [-0.2, -0.15) is 13.8 Å². The molecule has 1 fully saturated rings. The molecule has 1 aliphatic heterocycles. The Morgan fingerprint density at radius 3 is 2.73 bits per heavy atom. The maximum absolute atomic E-state index is 14.0. The van der Waals surface area contributed by atoms with Crippen molar-refractivity contribution in [3.05, 3.63) is 22.7 Å². The number of phosphoric ester groups is 1. The third-order valence-electron chi connectivity index (χ3n) is 2.89. The number of anilines is 1. The van der Waals surface area contributed by atoms with E-state index in [1.54, 1.807) is 0 Å². The molecular formula is C9H12F2N3O7P. The molecule has 0 bridgehead atoms. The second-order valence-corrected chi connectivity index (χ2v) is 5.71. The van der Waals surface area contributed by atoms with E-state index in [0.29, 0.717) is 4.57 Å². The van der Waals surface area contributed by atoms with Crippen LogP contribution in [0.5, 0.6) is 0 Å². The Balaban J connectivity index is 2.26. The second-order valence-electron chi connectivity index (χ2n) is 4.47. The summed E-state index contributed by atoms with van der Waals surface area (Å²) in [7, 11) is -4.93. The van der Waals surface area contributed by atoms with Crippen molar-refractivity contribution in [2.24, 2.45) is 0 Å². The van der Waals surface area contributed by atoms with E-state index in [9.17, 15) is 23.2 Å². The van der Waals surface area contributed by atoms with Crippen molar-refractivity contribution in [3.63, 3.8) is 0 Å². The zero-order chi connectivity index (χ0) is 16.7. The van der Waals surface area contributed by atoms with Crippen LogP contribution in [0.25, 0.3) is 0 Å². The van der Waals surface area contributed by atoms with Gasteiger partial charge >= 0.3 is 19.4 Å². The molecule has 2 heterocycles. The summed E-state index contributed by atoms with van der Waals surface area (Å²) < 4.78 is 47.8. The molecule has 1 aromatic rings. The zero-order valence-electron chi connectivity index (χ0n) is 10.7. The van der Waals surface area contributed by atoms with Crippen molar-refractivity contribution in [2.45, 2.75) is 24.4 Å². The van der Waals surface area contributed by atoms with Crippen molar-refractivity contribution < 1.29 is 37.5 Å². The number of aromatic nitrogens is 2. The van der Waals surface area contributed by atoms with Crippen LogP contribution < -0.4 is 11.4 Å². The molecule has 0 aromatic carbocycles. The number of phosphoric acid groups is 1. The standard InChI is InChI=1S/C9H12F2N3O7P/c10-9(11)6(15)4(3-20-22(17,18)19)21-7(9)14-2-1-5(12)13-8(14)16/h1-2,4,6-7,15H,3H2,(H2,12,13,16)(H2,17,18,19)/t4-,6-,7-/m1/s1/i8+1,13+1,14+1. The zero-order valence-corrected chi connectivity index (χ0v) is 11.6. The molecule has 10 nitrogen and oxygen atoms in total. The number of hydrogen-bond acceptors (Lipinski definition) is 7. The van der Waals surface area contributed by atoms with Crippen molar-refractivity contribution in [3.8, 4) is 0 Å². The smallest absolute Gasteiger partial charge is 0.384 e. The molecule has 0 amide bonds. The van der Waals surface area contributed by atoms with Gasteiger partial charge in [-0.05, 0) is 6.07 Å². The fraction of sp³-hybridized carbons (Fsp3) is 0.556. The summed E-state index contributed by atoms with van der Waals surface area (Å²) in [4.78, 5) is 31.9. The van der Waals surface area contributed by atoms with E-state index in [0.717, 1.165) is 12.3 Å². The summed E-state index contributed by atoms with van der Waals surface area (Å²) >= 11 is 0. The molecule has 3 atom stereocenters. The molecule has 5 N–H and O–H groups in total. The highest BCUT2D eigenvalue weighted by Gasteiger charge is 2.60. The van der Waals surface area contributed by atoms with E-state index in [1.807, 2.05) is 0 Å². The molecule has 22 heavy (non-hydrogen) atoms. The first-order valence-electron chi connectivity index (χ1n) is 5.78. The van der Waals surface area contributed by atoms with Crippen LogP contribution in [-0.4, -0.2) is 49.2 Å². The van der Waals surface area contributed by atoms with Crippen LogP contribution >= 0.6 is 7.82 Å². The number of nitrogens with two attached hydrogens (primary N) is 1. The van der Waals surface area contributed by atoms with Gasteiger partial charge in [0.25, 0.3) is 0 Å². The Labute approximate surface area is 121 Å². The maximum Gasteiger partial charge on any atom is 0.469 e. The SMILES string of the molecule is Nc1cc[15n]([C@@H]2O[C@H](COP(=O)(O)O)[C@@H](O)C2(F)F)[13c](=O)[15n]1. The van der Waals surface area contributed by atoms with Gasteiger partial charge in [-0.15, -0.1) is 0 Å². The number of halogens is 2. The number of ether oxygens (including phenoxy) is 1. The minimum absolute atomic E-state index is 0.190. The number of nitrogens with zero attached hydrogens (tertiary/aromatic N) is 2. The summed E-state index contributed by atoms with van der Waals surface area (Å²) in [6.45, 7) is -0.991. The van der Waals surface area contributed by atoms with Gasteiger partial charge < -0.3 is 25.4 Å². The predicted molar refractivity (Wildman–Crippen MR) is 65.8 cm³/mol. The average Bonchev–Trinajstić information content (AvgIpc) is 2.59. The third kappa shape index (κ3) is 3.32. The Morgan fingerprint density at radius 2 is 2.18 bits per heavy atom. The Morgan fingerprint density at radius 1 is 1.55 bits per heavy atom. The Bertz CT molecular complexity index is 663. The monoisotopic (exact) mass is 346 g/mol. The van der Waals surface area contributed by atoms with Crippen LogP contribution in [0.3, 0.4) is 0 Å². The number of nitrogen functional groups attached to an aromatic ring is 1. The summed E-state index contributed by atoms with van der Waals surface area (Å²) in [5, 5.41) is 9.52. The normalized spacial score (nSPS) is 28.0. The molecule has 0 radical (unpaired) electrons. The molecule has 0 spiro atoms. The molecule has 1 aliphatic rings. The summed E-state index contributed by atoms with van der Waals surface area (Å²) in [6, 6.07) is 1.08. The molecule has 124 valence electrons. The number of aliphatic hydroxyl groups excluding tert-OH is 1. The van der Waals surface area contributed by atoms with Crippen LogP contribution in [0.15, 0.2) is 17.1 Å². The molecule has 0 aliphatic carbocycles. The first-order valence-corrected chi connectivity index (χ1v) is 7.31. The highest BCUT2D eigenvalue weighted by Crippen LogP contribution is 2.44. The second kappa shape index (κ2) is 5.65. The van der Waals surface area contributed by atoms with Crippen LogP contribution in [-0.2, 0) is 13.8 Å². The first kappa shape index (κ1) is 16.9. The van der Waals surface area contributed by atoms with Crippen molar-refractivity contribution in [2.75, 3.05) is 12.3 Å². The van der Waals surface area contributed by atoms with Crippen LogP contribution in [0, 0.1) is 0 Å². The number of alkyl halides is 2. The Hall–Kier alpha value is -1.43. The molecule has 1 saturated heterocycles. The highest BCUT2D eigenvalue weighted by atomic mass is 31.2. The lowest BCUT2D eigenvalue weighted by atomic mass is 10.1. The molecule has 0 unspecified atom stereocenters. The lowest BCUT2D eigenvalue weighted by Gasteiger charge is -2.20. The fourth-order valence-corrected chi connectivity index (χ4v) is 2.22. The number of aliphatic hydroxyl groups is 1. The van der Waals surface area contributed by atoms with E-state index in [-0.39, 0.29) is 5.82 Å². The van der Waals surface area contributed by atoms with Gasteiger partial charge in [0.05, 0.1) is 6.61 Å². The van der Waals surface area contributed by atoms with E-state index in [4.69, 9.17) is 20.3 Å². The maximum atomic E-state index is 14.0. The summed E-state index contributed by atoms with van der Waals surface area (Å²) in [6.07, 6.45) is -5.50. The first-order chi connectivity index (χ1) is 10.0. The number of hydrogen-bond donors (Lipinski definition) is 4. The molecule has 1 aromatic heterocycles. The molecular weight excluding hydrogens is 334 g/mol. The van der Waals surface area contributed by atoms with Crippen molar-refractivity contribution in [1.82, 2.24) is 9.55 Å². The average molecular weight is 346 g/mol. The van der Waals surface area contributed by atoms with E-state index >= 15 is 0 Å². The largest absolute Gasteiger partial charge is 0.469 e. The van der Waals surface area contributed by atoms with Gasteiger partial charge in [-0.1, -0.05) is 0 Å². The molecule has 13 heteroatoms. The topological polar surface area (TPSA) is 157 Å². The lowest BCUT2D eigenvalue weighted by Crippen LogP contribution is -2.41. The summed E-state index contributed by atoms with van der Waals surface area (Å²) in [5.74, 6) is -4.10. The fourth-order valence-electron chi connectivity index (χ4n) is 1.88. The highest BCUT2D eigenvalue weighted by molar-refractivity contribution is 7.46.